The van der Waals surface area contributed by atoms with Gasteiger partial charge in [-0.3, -0.25) is 0 Å². The Morgan fingerprint density at radius 1 is 1.27 bits per heavy atom. The summed E-state index contributed by atoms with van der Waals surface area (Å²) in [6.45, 7) is 3.13. The zero-order chi connectivity index (χ0) is 11.1. The molecule has 1 rings (SSSR count). The first-order valence-electron chi connectivity index (χ1n) is 4.78. The Hall–Kier alpha value is -1.55. The molecule has 0 saturated carbocycles. The van der Waals surface area contributed by atoms with Gasteiger partial charge in [0.05, 0.1) is 12.2 Å². The van der Waals surface area contributed by atoms with Gasteiger partial charge >= 0.3 is 5.97 Å². The van der Waals surface area contributed by atoms with Crippen LogP contribution < -0.4 is 0 Å². The number of carbonyl (C=O) groups is 1. The molecule has 0 aliphatic carbocycles. The highest BCUT2D eigenvalue weighted by atomic mass is 16.6. The summed E-state index contributed by atoms with van der Waals surface area (Å²) in [6.07, 6.45) is 0. The van der Waals surface area contributed by atoms with Gasteiger partial charge in [0.1, 0.15) is 12.4 Å². The second-order valence-corrected chi connectivity index (χ2v) is 2.88. The van der Waals surface area contributed by atoms with Crippen molar-refractivity contribution in [1.29, 1.82) is 0 Å². The van der Waals surface area contributed by atoms with Gasteiger partial charge in [-0.05, 0) is 31.2 Å². The lowest BCUT2D eigenvalue weighted by molar-refractivity contribution is 0.0335. The number of benzene rings is 1. The number of carbonyl (C=O) groups excluding carboxylic acids is 1. The first-order chi connectivity index (χ1) is 7.24. The van der Waals surface area contributed by atoms with Crippen LogP contribution in [-0.4, -0.2) is 30.9 Å². The van der Waals surface area contributed by atoms with Gasteiger partial charge in [0.25, 0.3) is 0 Å². The minimum atomic E-state index is -0.408. The third-order valence-electron chi connectivity index (χ3n) is 1.77. The number of ether oxygens (including phenoxy) is 2. The van der Waals surface area contributed by atoms with Gasteiger partial charge in [0.15, 0.2) is 0 Å². The Morgan fingerprint density at radius 3 is 2.53 bits per heavy atom. The average Bonchev–Trinajstić information content (AvgIpc) is 2.25. The molecule has 0 aliphatic rings. The highest BCUT2D eigenvalue weighted by Crippen LogP contribution is 2.10. The second kappa shape index (κ2) is 6.03. The number of hydrogen-bond donors (Lipinski definition) is 1. The van der Waals surface area contributed by atoms with Crippen LogP contribution in [0, 0.1) is 0 Å². The van der Waals surface area contributed by atoms with E-state index in [1.165, 1.54) is 24.3 Å². The van der Waals surface area contributed by atoms with Crippen molar-refractivity contribution in [2.75, 3.05) is 19.8 Å². The van der Waals surface area contributed by atoms with Crippen molar-refractivity contribution in [3.8, 4) is 5.75 Å². The summed E-state index contributed by atoms with van der Waals surface area (Å²) < 4.78 is 9.95. The van der Waals surface area contributed by atoms with Crippen LogP contribution in [0.25, 0.3) is 0 Å². The van der Waals surface area contributed by atoms with Gasteiger partial charge in [-0.1, -0.05) is 0 Å². The molecular formula is C11H14O4. The van der Waals surface area contributed by atoms with Crippen LogP contribution in [0.5, 0.6) is 5.75 Å². The summed E-state index contributed by atoms with van der Waals surface area (Å²) in [5, 5.41) is 9.01. The van der Waals surface area contributed by atoms with E-state index in [4.69, 9.17) is 14.6 Å². The van der Waals surface area contributed by atoms with Crippen molar-refractivity contribution in [2.24, 2.45) is 0 Å². The highest BCUT2D eigenvalue weighted by molar-refractivity contribution is 5.89. The van der Waals surface area contributed by atoms with Gasteiger partial charge in [-0.25, -0.2) is 4.79 Å². The number of phenols is 1. The zero-order valence-corrected chi connectivity index (χ0v) is 8.60. The van der Waals surface area contributed by atoms with Crippen LogP contribution >= 0.6 is 0 Å². The molecular weight excluding hydrogens is 196 g/mol. The quantitative estimate of drug-likeness (QED) is 0.592. The third kappa shape index (κ3) is 3.99. The molecule has 0 radical (unpaired) electrons. The van der Waals surface area contributed by atoms with E-state index < -0.39 is 5.97 Å². The van der Waals surface area contributed by atoms with Crippen LogP contribution in [0.3, 0.4) is 0 Å². The lowest BCUT2D eigenvalue weighted by atomic mass is 10.2. The Kier molecular flexibility index (Phi) is 4.63. The van der Waals surface area contributed by atoms with E-state index >= 15 is 0 Å². The first kappa shape index (κ1) is 11.5. The fourth-order valence-corrected chi connectivity index (χ4v) is 1.02. The van der Waals surface area contributed by atoms with Crippen molar-refractivity contribution < 1.29 is 19.4 Å². The van der Waals surface area contributed by atoms with Gasteiger partial charge in [-0.15, -0.1) is 0 Å². The summed E-state index contributed by atoms with van der Waals surface area (Å²) in [6, 6.07) is 5.91. The van der Waals surface area contributed by atoms with E-state index in [1.54, 1.807) is 0 Å². The maximum atomic E-state index is 11.4. The van der Waals surface area contributed by atoms with E-state index in [0.717, 1.165) is 0 Å². The fraction of sp³-hybridized carbons (Fsp3) is 0.364. The smallest absolute Gasteiger partial charge is 0.338 e. The molecule has 4 nitrogen and oxygen atoms in total. The molecule has 1 aromatic rings. The molecule has 1 aromatic carbocycles. The number of phenolic OH excluding ortho intramolecular Hbond substituents is 1. The van der Waals surface area contributed by atoms with Crippen molar-refractivity contribution in [1.82, 2.24) is 0 Å². The van der Waals surface area contributed by atoms with Crippen LogP contribution in [0.4, 0.5) is 0 Å². The topological polar surface area (TPSA) is 55.8 Å². The maximum absolute atomic E-state index is 11.4. The second-order valence-electron chi connectivity index (χ2n) is 2.88. The minimum Gasteiger partial charge on any atom is -0.508 e. The molecule has 0 amide bonds. The first-order valence-corrected chi connectivity index (χ1v) is 4.78. The summed E-state index contributed by atoms with van der Waals surface area (Å²) in [7, 11) is 0. The average molecular weight is 210 g/mol. The largest absolute Gasteiger partial charge is 0.508 e. The van der Waals surface area contributed by atoms with E-state index in [-0.39, 0.29) is 12.4 Å². The van der Waals surface area contributed by atoms with Crippen molar-refractivity contribution in [3.05, 3.63) is 29.8 Å². The maximum Gasteiger partial charge on any atom is 0.338 e. The number of rotatable bonds is 5. The molecule has 0 fully saturated rings. The molecule has 0 saturated heterocycles. The number of esters is 1. The lowest BCUT2D eigenvalue weighted by Crippen LogP contribution is -2.10. The zero-order valence-electron chi connectivity index (χ0n) is 8.60. The molecule has 4 heteroatoms. The van der Waals surface area contributed by atoms with E-state index in [9.17, 15) is 4.79 Å². The predicted octanol–water partition coefficient (Wildman–Crippen LogP) is 1.59. The van der Waals surface area contributed by atoms with Gasteiger partial charge in [0, 0.05) is 6.61 Å². The Labute approximate surface area is 88.4 Å². The number of aromatic hydroxyl groups is 1. The third-order valence-corrected chi connectivity index (χ3v) is 1.77. The summed E-state index contributed by atoms with van der Waals surface area (Å²) in [5.74, 6) is -0.282. The van der Waals surface area contributed by atoms with E-state index in [0.29, 0.717) is 18.8 Å². The molecule has 0 heterocycles. The van der Waals surface area contributed by atoms with Crippen LogP contribution in [0.1, 0.15) is 17.3 Å². The summed E-state index contributed by atoms with van der Waals surface area (Å²) in [4.78, 5) is 11.4. The minimum absolute atomic E-state index is 0.126. The SMILES string of the molecule is CCOCCOC(=O)c1ccc(O)cc1. The Bertz CT molecular complexity index is 305. The van der Waals surface area contributed by atoms with Crippen LogP contribution in [0.2, 0.25) is 0 Å². The van der Waals surface area contributed by atoms with Gasteiger partial charge in [-0.2, -0.15) is 0 Å². The van der Waals surface area contributed by atoms with Crippen molar-refractivity contribution in [3.63, 3.8) is 0 Å². The monoisotopic (exact) mass is 210 g/mol. The summed E-state index contributed by atoms with van der Waals surface area (Å²) >= 11 is 0. The number of hydrogen-bond acceptors (Lipinski definition) is 4. The van der Waals surface area contributed by atoms with Gasteiger partial charge in [0.2, 0.25) is 0 Å². The Morgan fingerprint density at radius 2 is 1.93 bits per heavy atom. The van der Waals surface area contributed by atoms with Crippen LogP contribution in [0.15, 0.2) is 24.3 Å². The molecule has 82 valence electrons. The van der Waals surface area contributed by atoms with Crippen LogP contribution in [-0.2, 0) is 9.47 Å². The standard InChI is InChI=1S/C11H14O4/c1-2-14-7-8-15-11(13)9-3-5-10(12)6-4-9/h3-6,12H,2,7-8H2,1H3. The molecule has 0 unspecified atom stereocenters. The molecule has 0 atom stereocenters. The normalized spacial score (nSPS) is 9.93. The molecule has 0 aromatic heterocycles. The summed E-state index contributed by atoms with van der Waals surface area (Å²) in [5.41, 5.74) is 0.421. The van der Waals surface area contributed by atoms with E-state index in [2.05, 4.69) is 0 Å². The van der Waals surface area contributed by atoms with Crippen molar-refractivity contribution in [2.45, 2.75) is 6.92 Å². The molecule has 15 heavy (non-hydrogen) atoms. The molecule has 0 bridgehead atoms. The molecule has 1 N–H and O–H groups in total. The van der Waals surface area contributed by atoms with E-state index in [1.807, 2.05) is 6.92 Å². The predicted molar refractivity (Wildman–Crippen MR) is 54.9 cm³/mol. The highest BCUT2D eigenvalue weighted by Gasteiger charge is 2.05. The van der Waals surface area contributed by atoms with Gasteiger partial charge < -0.3 is 14.6 Å². The molecule has 0 spiro atoms. The lowest BCUT2D eigenvalue weighted by Gasteiger charge is -2.04. The van der Waals surface area contributed by atoms with Crippen molar-refractivity contribution >= 4 is 5.97 Å². The Balaban J connectivity index is 2.37. The fourth-order valence-electron chi connectivity index (χ4n) is 1.02. The molecule has 0 aliphatic heterocycles.